The Kier molecular flexibility index (Phi) is 6.80. The number of nitrogens with zero attached hydrogens (tertiary/aromatic N) is 3. The van der Waals surface area contributed by atoms with Crippen molar-refractivity contribution >= 4 is 28.9 Å². The SMILES string of the molecule is Cc1cccc(-n2c(C)cc([C@H]3[C@@H](c4ccccn4)NC(=S)N3CC(=O)Nc3ccccc3)c2C)c1C. The number of benzene rings is 2. The molecule has 2 aromatic heterocycles. The summed E-state index contributed by atoms with van der Waals surface area (Å²) in [6.07, 6.45) is 1.79. The Balaban J connectivity index is 1.56. The molecule has 7 heteroatoms. The average Bonchev–Trinajstić information content (AvgIpc) is 3.36. The van der Waals surface area contributed by atoms with E-state index in [1.165, 1.54) is 11.1 Å². The Bertz CT molecular complexity index is 1450. The molecule has 1 aliphatic heterocycles. The summed E-state index contributed by atoms with van der Waals surface area (Å²) < 4.78 is 2.30. The molecule has 4 aromatic rings. The third-order valence-corrected chi connectivity index (χ3v) is 7.53. The highest BCUT2D eigenvalue weighted by atomic mass is 32.1. The molecule has 1 amide bonds. The number of pyridine rings is 1. The van der Waals surface area contributed by atoms with Crippen LogP contribution in [0.15, 0.2) is 79.0 Å². The molecular weight excluding hydrogens is 478 g/mol. The molecule has 2 aromatic carbocycles. The van der Waals surface area contributed by atoms with Gasteiger partial charge in [-0.25, -0.2) is 0 Å². The molecule has 0 bridgehead atoms. The van der Waals surface area contributed by atoms with Gasteiger partial charge in [0.05, 0.1) is 17.8 Å². The van der Waals surface area contributed by atoms with E-state index in [2.05, 4.69) is 72.1 Å². The fourth-order valence-corrected chi connectivity index (χ4v) is 5.53. The minimum absolute atomic E-state index is 0.120. The van der Waals surface area contributed by atoms with Gasteiger partial charge in [-0.1, -0.05) is 36.4 Å². The number of carbonyl (C=O) groups is 1. The fourth-order valence-electron chi connectivity index (χ4n) is 5.23. The summed E-state index contributed by atoms with van der Waals surface area (Å²) in [7, 11) is 0. The van der Waals surface area contributed by atoms with Gasteiger partial charge >= 0.3 is 0 Å². The van der Waals surface area contributed by atoms with Gasteiger partial charge in [-0.05, 0) is 93.0 Å². The summed E-state index contributed by atoms with van der Waals surface area (Å²) in [5.74, 6) is -0.120. The molecule has 2 N–H and O–H groups in total. The molecule has 1 fully saturated rings. The standard InChI is InChI=1S/C30H31N5OS/c1-19-11-10-15-26(21(19)3)35-20(2)17-24(22(35)4)29-28(25-14-8-9-16-31-25)33-30(37)34(29)18-27(36)32-23-12-6-5-7-13-23/h5-17,28-29H,18H2,1-4H3,(H,32,36)(H,33,37)/t28-,29+/m1/s1. The van der Waals surface area contributed by atoms with Crippen LogP contribution in [0, 0.1) is 27.7 Å². The van der Waals surface area contributed by atoms with Crippen molar-refractivity contribution in [3.05, 3.63) is 113 Å². The topological polar surface area (TPSA) is 62.2 Å². The average molecular weight is 510 g/mol. The number of aromatic nitrogens is 2. The third kappa shape index (κ3) is 4.74. The van der Waals surface area contributed by atoms with Crippen LogP contribution >= 0.6 is 12.2 Å². The number of amides is 1. The van der Waals surface area contributed by atoms with E-state index in [1.54, 1.807) is 6.20 Å². The number of nitrogens with one attached hydrogen (secondary N) is 2. The van der Waals surface area contributed by atoms with E-state index in [0.717, 1.165) is 34.0 Å². The van der Waals surface area contributed by atoms with Gasteiger partial charge in [-0.2, -0.15) is 0 Å². The molecule has 0 saturated carbocycles. The summed E-state index contributed by atoms with van der Waals surface area (Å²) in [4.78, 5) is 19.8. The number of aryl methyl sites for hydroxylation is 2. The third-order valence-electron chi connectivity index (χ3n) is 7.18. The predicted molar refractivity (Wildman–Crippen MR) is 152 cm³/mol. The molecule has 2 atom stereocenters. The number of anilines is 1. The number of thiocarbonyl (C=S) groups is 1. The number of para-hydroxylation sites is 1. The Morgan fingerprint density at radius 3 is 2.49 bits per heavy atom. The van der Waals surface area contributed by atoms with Crippen LogP contribution in [-0.2, 0) is 4.79 Å². The second-order valence-corrected chi connectivity index (χ2v) is 9.94. The van der Waals surface area contributed by atoms with Gasteiger partial charge in [-0.15, -0.1) is 0 Å². The molecule has 0 aliphatic carbocycles. The smallest absolute Gasteiger partial charge is 0.244 e. The second-order valence-electron chi connectivity index (χ2n) is 9.55. The lowest BCUT2D eigenvalue weighted by molar-refractivity contribution is -0.116. The largest absolute Gasteiger partial charge is 0.352 e. The van der Waals surface area contributed by atoms with Crippen LogP contribution in [0.5, 0.6) is 0 Å². The summed E-state index contributed by atoms with van der Waals surface area (Å²) in [5.41, 5.74) is 8.68. The molecule has 3 heterocycles. The van der Waals surface area contributed by atoms with E-state index in [1.807, 2.05) is 53.4 Å². The summed E-state index contributed by atoms with van der Waals surface area (Å²) in [5, 5.41) is 7.00. The summed E-state index contributed by atoms with van der Waals surface area (Å²) in [6.45, 7) is 8.69. The normalized spacial score (nSPS) is 17.1. The Morgan fingerprint density at radius 1 is 1.00 bits per heavy atom. The van der Waals surface area contributed by atoms with Crippen molar-refractivity contribution in [3.63, 3.8) is 0 Å². The first-order valence-corrected chi connectivity index (χ1v) is 12.8. The molecule has 0 unspecified atom stereocenters. The number of rotatable bonds is 6. The van der Waals surface area contributed by atoms with Gasteiger partial charge in [0.1, 0.15) is 6.54 Å². The number of carbonyl (C=O) groups excluding carboxylic acids is 1. The minimum Gasteiger partial charge on any atom is -0.352 e. The molecule has 0 radical (unpaired) electrons. The number of hydrogen-bond donors (Lipinski definition) is 2. The zero-order valence-corrected chi connectivity index (χ0v) is 22.3. The molecule has 1 aliphatic rings. The first-order valence-electron chi connectivity index (χ1n) is 12.4. The van der Waals surface area contributed by atoms with Crippen LogP contribution in [0.25, 0.3) is 5.69 Å². The van der Waals surface area contributed by atoms with Crippen molar-refractivity contribution < 1.29 is 4.79 Å². The highest BCUT2D eigenvalue weighted by Crippen LogP contribution is 2.41. The highest BCUT2D eigenvalue weighted by Gasteiger charge is 2.42. The first-order chi connectivity index (χ1) is 17.8. The maximum absolute atomic E-state index is 13.1. The zero-order valence-electron chi connectivity index (χ0n) is 21.5. The van der Waals surface area contributed by atoms with Crippen molar-refractivity contribution in [2.24, 2.45) is 0 Å². The fraction of sp³-hybridized carbons (Fsp3) is 0.233. The molecule has 1 saturated heterocycles. The maximum Gasteiger partial charge on any atom is 0.244 e. The van der Waals surface area contributed by atoms with Crippen molar-refractivity contribution in [3.8, 4) is 5.69 Å². The van der Waals surface area contributed by atoms with Gasteiger partial charge < -0.3 is 20.1 Å². The Morgan fingerprint density at radius 2 is 1.76 bits per heavy atom. The van der Waals surface area contributed by atoms with Gasteiger partial charge in [0.2, 0.25) is 5.91 Å². The molecule has 6 nitrogen and oxygen atoms in total. The van der Waals surface area contributed by atoms with Crippen molar-refractivity contribution in [2.75, 3.05) is 11.9 Å². The molecule has 188 valence electrons. The maximum atomic E-state index is 13.1. The monoisotopic (exact) mass is 509 g/mol. The van der Waals surface area contributed by atoms with E-state index >= 15 is 0 Å². The van der Waals surface area contributed by atoms with Gasteiger partial charge in [0.15, 0.2) is 5.11 Å². The molecule has 0 spiro atoms. The predicted octanol–water partition coefficient (Wildman–Crippen LogP) is 5.72. The summed E-state index contributed by atoms with van der Waals surface area (Å²) >= 11 is 5.79. The molecule has 37 heavy (non-hydrogen) atoms. The minimum atomic E-state index is -0.200. The van der Waals surface area contributed by atoms with Crippen LogP contribution in [0.1, 0.15) is 45.9 Å². The van der Waals surface area contributed by atoms with E-state index < -0.39 is 0 Å². The van der Waals surface area contributed by atoms with Crippen LogP contribution in [0.2, 0.25) is 0 Å². The van der Waals surface area contributed by atoms with E-state index in [0.29, 0.717) is 5.11 Å². The van der Waals surface area contributed by atoms with Crippen LogP contribution in [0.3, 0.4) is 0 Å². The lowest BCUT2D eigenvalue weighted by Gasteiger charge is -2.27. The first kappa shape index (κ1) is 24.7. The quantitative estimate of drug-likeness (QED) is 0.326. The van der Waals surface area contributed by atoms with E-state index in [4.69, 9.17) is 12.2 Å². The van der Waals surface area contributed by atoms with E-state index in [-0.39, 0.29) is 24.5 Å². The van der Waals surface area contributed by atoms with Gasteiger partial charge in [0.25, 0.3) is 0 Å². The molecular formula is C30H31N5OS. The summed E-state index contributed by atoms with van der Waals surface area (Å²) in [6, 6.07) is 23.6. The van der Waals surface area contributed by atoms with Crippen LogP contribution in [-0.4, -0.2) is 32.0 Å². The Labute approximate surface area is 223 Å². The van der Waals surface area contributed by atoms with E-state index in [9.17, 15) is 4.79 Å². The molecule has 5 rings (SSSR count). The highest BCUT2D eigenvalue weighted by molar-refractivity contribution is 7.80. The lowest BCUT2D eigenvalue weighted by Crippen LogP contribution is -2.37. The zero-order chi connectivity index (χ0) is 26.1. The Hall–Kier alpha value is -3.97. The van der Waals surface area contributed by atoms with Crippen LogP contribution < -0.4 is 10.6 Å². The van der Waals surface area contributed by atoms with Crippen molar-refractivity contribution in [2.45, 2.75) is 39.8 Å². The van der Waals surface area contributed by atoms with Gasteiger partial charge in [-0.3, -0.25) is 9.78 Å². The number of hydrogen-bond acceptors (Lipinski definition) is 3. The lowest BCUT2D eigenvalue weighted by atomic mass is 9.96. The van der Waals surface area contributed by atoms with Crippen LogP contribution in [0.4, 0.5) is 5.69 Å². The van der Waals surface area contributed by atoms with Crippen molar-refractivity contribution in [1.29, 1.82) is 0 Å². The van der Waals surface area contributed by atoms with Gasteiger partial charge in [0, 0.05) is 29.0 Å². The second kappa shape index (κ2) is 10.2. The van der Waals surface area contributed by atoms with Crippen molar-refractivity contribution in [1.82, 2.24) is 19.8 Å².